The van der Waals surface area contributed by atoms with Crippen LogP contribution in [0, 0.1) is 6.92 Å². The van der Waals surface area contributed by atoms with Crippen LogP contribution in [-0.4, -0.2) is 40.9 Å². The molecule has 10 heteroatoms. The molecule has 0 saturated carbocycles. The summed E-state index contributed by atoms with van der Waals surface area (Å²) in [7, 11) is 0. The van der Waals surface area contributed by atoms with E-state index in [9.17, 15) is 9.59 Å². The molecule has 0 saturated heterocycles. The standard InChI is InChI=1S/C24H21N7O2S/c1-14-5-3-4-6-20(14)31-21(16-9-11-25-12-10-16)29-30-24(31)34-15(2)22(32)26-17-7-8-18-19(13-17)28-23(33)27-18/h3-13,15H,1-2H3,(H,26,32)(H2,27,28,33). The summed E-state index contributed by atoms with van der Waals surface area (Å²) in [6.07, 6.45) is 3.42. The zero-order chi connectivity index (χ0) is 23.7. The second-order valence-corrected chi connectivity index (χ2v) is 9.06. The molecule has 3 N–H and O–H groups in total. The van der Waals surface area contributed by atoms with E-state index in [0.717, 1.165) is 16.8 Å². The molecule has 3 aromatic heterocycles. The van der Waals surface area contributed by atoms with Crippen LogP contribution in [0.5, 0.6) is 0 Å². The Hall–Kier alpha value is -4.18. The molecular formula is C24H21N7O2S. The highest BCUT2D eigenvalue weighted by atomic mass is 32.2. The van der Waals surface area contributed by atoms with Crippen molar-refractivity contribution < 1.29 is 4.79 Å². The lowest BCUT2D eigenvalue weighted by Crippen LogP contribution is -2.23. The van der Waals surface area contributed by atoms with Gasteiger partial charge in [-0.15, -0.1) is 10.2 Å². The number of carbonyl (C=O) groups is 1. The minimum absolute atomic E-state index is 0.188. The average molecular weight is 472 g/mol. The molecule has 0 aliphatic rings. The number of nitrogens with zero attached hydrogens (tertiary/aromatic N) is 4. The minimum atomic E-state index is -0.460. The maximum Gasteiger partial charge on any atom is 0.323 e. The van der Waals surface area contributed by atoms with Gasteiger partial charge in [-0.05, 0) is 55.8 Å². The lowest BCUT2D eigenvalue weighted by atomic mass is 10.2. The molecular weight excluding hydrogens is 450 g/mol. The van der Waals surface area contributed by atoms with Gasteiger partial charge in [0.25, 0.3) is 0 Å². The molecule has 0 fully saturated rings. The van der Waals surface area contributed by atoms with Gasteiger partial charge >= 0.3 is 5.69 Å². The van der Waals surface area contributed by atoms with Gasteiger partial charge < -0.3 is 15.3 Å². The smallest absolute Gasteiger partial charge is 0.323 e. The predicted molar refractivity (Wildman–Crippen MR) is 132 cm³/mol. The van der Waals surface area contributed by atoms with E-state index in [1.807, 2.05) is 54.8 Å². The van der Waals surface area contributed by atoms with Crippen LogP contribution in [0.1, 0.15) is 12.5 Å². The fourth-order valence-electron chi connectivity index (χ4n) is 3.63. The van der Waals surface area contributed by atoms with Crippen molar-refractivity contribution >= 4 is 34.4 Å². The van der Waals surface area contributed by atoms with Crippen molar-refractivity contribution in [3.8, 4) is 17.1 Å². The number of thioether (sulfide) groups is 1. The number of nitrogens with one attached hydrogen (secondary N) is 3. The summed E-state index contributed by atoms with van der Waals surface area (Å²) < 4.78 is 1.97. The molecule has 9 nitrogen and oxygen atoms in total. The first-order valence-electron chi connectivity index (χ1n) is 10.6. The molecule has 3 heterocycles. The summed E-state index contributed by atoms with van der Waals surface area (Å²) in [6, 6.07) is 16.9. The van der Waals surface area contributed by atoms with E-state index in [4.69, 9.17) is 0 Å². The molecule has 0 radical (unpaired) electrons. The van der Waals surface area contributed by atoms with Gasteiger partial charge in [-0.1, -0.05) is 30.0 Å². The number of carbonyl (C=O) groups excluding carboxylic acids is 1. The summed E-state index contributed by atoms with van der Waals surface area (Å²) >= 11 is 1.32. The second-order valence-electron chi connectivity index (χ2n) is 7.75. The lowest BCUT2D eigenvalue weighted by Gasteiger charge is -2.15. The highest BCUT2D eigenvalue weighted by Gasteiger charge is 2.22. The van der Waals surface area contributed by atoms with Gasteiger partial charge in [0.1, 0.15) is 0 Å². The number of fused-ring (bicyclic) bond motifs is 1. The molecule has 0 bridgehead atoms. The van der Waals surface area contributed by atoms with Crippen LogP contribution >= 0.6 is 11.8 Å². The predicted octanol–water partition coefficient (Wildman–Crippen LogP) is 3.93. The van der Waals surface area contributed by atoms with Crippen LogP contribution in [0.3, 0.4) is 0 Å². The summed E-state index contributed by atoms with van der Waals surface area (Å²) in [5, 5.41) is 11.9. The number of anilines is 1. The van der Waals surface area contributed by atoms with Crippen molar-refractivity contribution in [1.29, 1.82) is 0 Å². The first kappa shape index (κ1) is 21.7. The third-order valence-corrected chi connectivity index (χ3v) is 6.41. The highest BCUT2D eigenvalue weighted by molar-refractivity contribution is 8.00. The van der Waals surface area contributed by atoms with Crippen LogP contribution in [0.2, 0.25) is 0 Å². The van der Waals surface area contributed by atoms with Crippen LogP contribution in [-0.2, 0) is 4.79 Å². The van der Waals surface area contributed by atoms with Crippen molar-refractivity contribution in [1.82, 2.24) is 29.7 Å². The molecule has 5 rings (SSSR count). The summed E-state index contributed by atoms with van der Waals surface area (Å²) in [4.78, 5) is 33.9. The number of hydrogen-bond acceptors (Lipinski definition) is 6. The van der Waals surface area contributed by atoms with E-state index in [1.54, 1.807) is 30.6 Å². The third kappa shape index (κ3) is 4.23. The molecule has 0 aliphatic carbocycles. The van der Waals surface area contributed by atoms with E-state index >= 15 is 0 Å². The van der Waals surface area contributed by atoms with Gasteiger partial charge in [-0.2, -0.15) is 0 Å². The number of aromatic amines is 2. The summed E-state index contributed by atoms with van der Waals surface area (Å²) in [5.74, 6) is 0.487. The van der Waals surface area contributed by atoms with E-state index < -0.39 is 5.25 Å². The van der Waals surface area contributed by atoms with Crippen molar-refractivity contribution in [2.45, 2.75) is 24.3 Å². The second kappa shape index (κ2) is 8.99. The van der Waals surface area contributed by atoms with E-state index in [0.29, 0.717) is 27.7 Å². The Morgan fingerprint density at radius 1 is 1.03 bits per heavy atom. The quantitative estimate of drug-likeness (QED) is 0.323. The number of imidazole rings is 1. The average Bonchev–Trinajstić information content (AvgIpc) is 3.42. The van der Waals surface area contributed by atoms with E-state index in [2.05, 4.69) is 30.5 Å². The molecule has 1 unspecified atom stereocenters. The SMILES string of the molecule is Cc1ccccc1-n1c(SC(C)C(=O)Nc2ccc3[nH]c(=O)[nH]c3c2)nnc1-c1ccncc1. The molecule has 34 heavy (non-hydrogen) atoms. The fourth-order valence-corrected chi connectivity index (χ4v) is 4.49. The van der Waals surface area contributed by atoms with Gasteiger partial charge in [0.15, 0.2) is 11.0 Å². The number of aromatic nitrogens is 6. The number of pyridine rings is 1. The molecule has 1 amide bonds. The number of benzene rings is 2. The zero-order valence-corrected chi connectivity index (χ0v) is 19.3. The van der Waals surface area contributed by atoms with Gasteiger partial charge in [0, 0.05) is 23.6 Å². The topological polar surface area (TPSA) is 121 Å². The highest BCUT2D eigenvalue weighted by Crippen LogP contribution is 2.31. The van der Waals surface area contributed by atoms with Crippen molar-refractivity contribution in [3.05, 3.63) is 83.0 Å². The molecule has 5 aromatic rings. The third-order valence-electron chi connectivity index (χ3n) is 5.36. The maximum absolute atomic E-state index is 13.0. The van der Waals surface area contributed by atoms with Gasteiger partial charge in [-0.3, -0.25) is 14.3 Å². The number of H-pyrrole nitrogens is 2. The molecule has 1 atom stereocenters. The van der Waals surface area contributed by atoms with Crippen LogP contribution in [0.15, 0.2) is 76.9 Å². The molecule has 0 spiro atoms. The summed E-state index contributed by atoms with van der Waals surface area (Å²) in [5.41, 5.74) is 4.50. The Bertz CT molecular complexity index is 1540. The number of amides is 1. The van der Waals surface area contributed by atoms with Crippen molar-refractivity contribution in [2.24, 2.45) is 0 Å². The van der Waals surface area contributed by atoms with E-state index in [-0.39, 0.29) is 11.6 Å². The van der Waals surface area contributed by atoms with Crippen LogP contribution < -0.4 is 11.0 Å². The van der Waals surface area contributed by atoms with Crippen LogP contribution in [0.4, 0.5) is 5.69 Å². The zero-order valence-electron chi connectivity index (χ0n) is 18.4. The Balaban J connectivity index is 1.44. The molecule has 2 aromatic carbocycles. The number of para-hydroxylation sites is 1. The normalized spacial score (nSPS) is 12.1. The van der Waals surface area contributed by atoms with Gasteiger partial charge in [-0.25, -0.2) is 4.79 Å². The monoisotopic (exact) mass is 471 g/mol. The Morgan fingerprint density at radius 3 is 2.59 bits per heavy atom. The van der Waals surface area contributed by atoms with Crippen molar-refractivity contribution in [2.75, 3.05) is 5.32 Å². The number of hydrogen-bond donors (Lipinski definition) is 3. The van der Waals surface area contributed by atoms with Gasteiger partial charge in [0.05, 0.1) is 22.0 Å². The largest absolute Gasteiger partial charge is 0.325 e. The van der Waals surface area contributed by atoms with Gasteiger partial charge in [0.2, 0.25) is 5.91 Å². The van der Waals surface area contributed by atoms with Crippen LogP contribution in [0.25, 0.3) is 28.1 Å². The number of aryl methyl sites for hydroxylation is 1. The molecule has 170 valence electrons. The lowest BCUT2D eigenvalue weighted by molar-refractivity contribution is -0.115. The first-order chi connectivity index (χ1) is 16.5. The van der Waals surface area contributed by atoms with Crippen molar-refractivity contribution in [3.63, 3.8) is 0 Å². The van der Waals surface area contributed by atoms with E-state index in [1.165, 1.54) is 11.8 Å². The Labute approximate surface area is 198 Å². The first-order valence-corrected chi connectivity index (χ1v) is 11.5. The maximum atomic E-state index is 13.0. The number of rotatable bonds is 6. The minimum Gasteiger partial charge on any atom is -0.325 e. The summed E-state index contributed by atoms with van der Waals surface area (Å²) in [6.45, 7) is 3.84. The molecule has 0 aliphatic heterocycles. The fraction of sp³-hybridized carbons (Fsp3) is 0.125. The Morgan fingerprint density at radius 2 is 1.79 bits per heavy atom. The Kier molecular flexibility index (Phi) is 5.72.